The van der Waals surface area contributed by atoms with Crippen LogP contribution in [0.4, 0.5) is 0 Å². The molecule has 196 valence electrons. The molecule has 4 bridgehead atoms. The Hall–Kier alpha value is -4.04. The SMILES string of the molecule is Cc1ccc2cc1OCC(=O)NCc1ccc(cc1)O[C@H]1CCN(C(=O)c3cccc(Cl)c3)C[C@@H]1NC2=O. The molecule has 2 N–H and O–H groups in total. The van der Waals surface area contributed by atoms with Crippen molar-refractivity contribution in [2.75, 3.05) is 19.7 Å². The zero-order valence-corrected chi connectivity index (χ0v) is 21.7. The third-order valence-corrected chi connectivity index (χ3v) is 6.97. The minimum Gasteiger partial charge on any atom is -0.488 e. The molecule has 1 fully saturated rings. The number of aryl methyl sites for hydroxylation is 1. The molecule has 3 aromatic rings. The average Bonchev–Trinajstić information content (AvgIpc) is 2.92. The van der Waals surface area contributed by atoms with E-state index in [-0.39, 0.29) is 37.0 Å². The van der Waals surface area contributed by atoms with Crippen LogP contribution in [0, 0.1) is 6.92 Å². The summed E-state index contributed by atoms with van der Waals surface area (Å²) in [7, 11) is 0. The van der Waals surface area contributed by atoms with Crippen LogP contribution in [-0.4, -0.2) is 54.5 Å². The molecule has 0 aromatic heterocycles. The van der Waals surface area contributed by atoms with Crippen molar-refractivity contribution in [3.63, 3.8) is 0 Å². The van der Waals surface area contributed by atoms with Crippen molar-refractivity contribution in [2.45, 2.75) is 32.0 Å². The highest BCUT2D eigenvalue weighted by Gasteiger charge is 2.35. The van der Waals surface area contributed by atoms with Gasteiger partial charge in [0.15, 0.2) is 6.61 Å². The second kappa shape index (κ2) is 11.1. The number of ether oxygens (including phenoxy) is 2. The molecule has 0 radical (unpaired) electrons. The first-order chi connectivity index (χ1) is 18.4. The summed E-state index contributed by atoms with van der Waals surface area (Å²) in [6.07, 6.45) is 0.168. The Morgan fingerprint density at radius 2 is 1.87 bits per heavy atom. The van der Waals surface area contributed by atoms with Gasteiger partial charge in [-0.05, 0) is 60.5 Å². The maximum atomic E-state index is 13.3. The zero-order valence-electron chi connectivity index (χ0n) is 20.9. The Bertz CT molecular complexity index is 1360. The third kappa shape index (κ3) is 5.92. The van der Waals surface area contributed by atoms with Gasteiger partial charge in [0, 0.05) is 42.2 Å². The van der Waals surface area contributed by atoms with E-state index in [0.29, 0.717) is 47.2 Å². The molecule has 0 unspecified atom stereocenters. The van der Waals surface area contributed by atoms with E-state index >= 15 is 0 Å². The summed E-state index contributed by atoms with van der Waals surface area (Å²) in [6, 6.07) is 18.9. The summed E-state index contributed by atoms with van der Waals surface area (Å²) in [4.78, 5) is 40.6. The highest BCUT2D eigenvalue weighted by molar-refractivity contribution is 6.30. The molecule has 38 heavy (non-hydrogen) atoms. The van der Waals surface area contributed by atoms with E-state index in [9.17, 15) is 14.4 Å². The van der Waals surface area contributed by atoms with Gasteiger partial charge in [-0.25, -0.2) is 0 Å². The standard InChI is InChI=1S/C29H28ClN3O5/c1-18-5-8-20-14-26(18)37-17-27(34)31-15-19-6-9-23(10-7-19)38-25-11-12-33(16-24(25)32-28(20)35)29(36)21-3-2-4-22(30)13-21/h2-10,13-14,24-25H,11-12,15-17H2,1H3,(H,31,34)(H,32,35)/t24-,25-/m0/s1. The molecule has 3 aliphatic rings. The predicted molar refractivity (Wildman–Crippen MR) is 143 cm³/mol. The number of amides is 3. The predicted octanol–water partition coefficient (Wildman–Crippen LogP) is 3.75. The Kier molecular flexibility index (Phi) is 7.51. The molecule has 2 atom stereocenters. The van der Waals surface area contributed by atoms with Gasteiger partial charge in [0.05, 0.1) is 6.04 Å². The lowest BCUT2D eigenvalue weighted by atomic mass is 9.99. The molecular weight excluding hydrogens is 506 g/mol. The monoisotopic (exact) mass is 533 g/mol. The molecule has 3 amide bonds. The maximum Gasteiger partial charge on any atom is 0.258 e. The van der Waals surface area contributed by atoms with E-state index in [1.54, 1.807) is 47.4 Å². The number of carbonyl (C=O) groups excluding carboxylic acids is 3. The molecule has 1 saturated heterocycles. The number of hydrogen-bond acceptors (Lipinski definition) is 5. The van der Waals surface area contributed by atoms with Gasteiger partial charge in [-0.1, -0.05) is 35.9 Å². The molecular formula is C29H28ClN3O5. The highest BCUT2D eigenvalue weighted by atomic mass is 35.5. The zero-order chi connectivity index (χ0) is 26.6. The number of nitrogens with one attached hydrogen (secondary N) is 2. The first-order valence-electron chi connectivity index (χ1n) is 12.5. The van der Waals surface area contributed by atoms with E-state index in [1.807, 2.05) is 31.2 Å². The van der Waals surface area contributed by atoms with Crippen LogP contribution in [-0.2, 0) is 11.3 Å². The molecule has 9 heteroatoms. The van der Waals surface area contributed by atoms with E-state index in [0.717, 1.165) is 11.1 Å². The van der Waals surface area contributed by atoms with Gasteiger partial charge in [-0.15, -0.1) is 0 Å². The topological polar surface area (TPSA) is 97.0 Å². The van der Waals surface area contributed by atoms with Gasteiger partial charge >= 0.3 is 0 Å². The highest BCUT2D eigenvalue weighted by Crippen LogP contribution is 2.24. The summed E-state index contributed by atoms with van der Waals surface area (Å²) < 4.78 is 12.0. The first kappa shape index (κ1) is 25.6. The fourth-order valence-corrected chi connectivity index (χ4v) is 4.79. The van der Waals surface area contributed by atoms with Crippen LogP contribution in [0.15, 0.2) is 66.7 Å². The van der Waals surface area contributed by atoms with Crippen molar-refractivity contribution in [3.8, 4) is 11.5 Å². The summed E-state index contributed by atoms with van der Waals surface area (Å²) in [5.74, 6) is 0.351. The Balaban J connectivity index is 1.43. The van der Waals surface area contributed by atoms with Crippen LogP contribution in [0.25, 0.3) is 0 Å². The number of carbonyl (C=O) groups is 3. The third-order valence-electron chi connectivity index (χ3n) is 6.73. The Morgan fingerprint density at radius 3 is 2.66 bits per heavy atom. The largest absolute Gasteiger partial charge is 0.488 e. The molecule has 3 heterocycles. The van der Waals surface area contributed by atoms with Crippen molar-refractivity contribution < 1.29 is 23.9 Å². The number of likely N-dealkylation sites (tertiary alicyclic amines) is 1. The molecule has 3 aromatic carbocycles. The number of rotatable bonds is 1. The van der Waals surface area contributed by atoms with Gasteiger partial charge in [-0.2, -0.15) is 0 Å². The molecule has 8 nitrogen and oxygen atoms in total. The van der Waals surface area contributed by atoms with Gasteiger partial charge in [0.25, 0.3) is 17.7 Å². The number of benzene rings is 3. The number of hydrogen-bond donors (Lipinski definition) is 2. The van der Waals surface area contributed by atoms with Crippen molar-refractivity contribution in [1.82, 2.24) is 15.5 Å². The lowest BCUT2D eigenvalue weighted by molar-refractivity contribution is -0.123. The van der Waals surface area contributed by atoms with Crippen LogP contribution < -0.4 is 20.1 Å². The van der Waals surface area contributed by atoms with Crippen molar-refractivity contribution in [1.29, 1.82) is 0 Å². The van der Waals surface area contributed by atoms with Crippen LogP contribution in [0.1, 0.15) is 38.3 Å². The van der Waals surface area contributed by atoms with Crippen LogP contribution >= 0.6 is 11.6 Å². The fourth-order valence-electron chi connectivity index (χ4n) is 4.60. The fraction of sp³-hybridized carbons (Fsp3) is 0.276. The Morgan fingerprint density at radius 1 is 1.05 bits per heavy atom. The lowest BCUT2D eigenvalue weighted by Gasteiger charge is -2.39. The minimum absolute atomic E-state index is 0.156. The van der Waals surface area contributed by atoms with E-state index < -0.39 is 6.04 Å². The second-order valence-corrected chi connectivity index (χ2v) is 9.91. The number of nitrogens with zero attached hydrogens (tertiary/aromatic N) is 1. The Labute approximate surface area is 225 Å². The van der Waals surface area contributed by atoms with E-state index in [4.69, 9.17) is 21.1 Å². The molecule has 6 rings (SSSR count). The summed E-state index contributed by atoms with van der Waals surface area (Å²) in [6.45, 7) is 2.78. The van der Waals surface area contributed by atoms with E-state index in [1.165, 1.54) is 0 Å². The molecule has 3 aliphatic heterocycles. The number of halogens is 1. The molecule has 0 spiro atoms. The van der Waals surface area contributed by atoms with Crippen LogP contribution in [0.5, 0.6) is 11.5 Å². The van der Waals surface area contributed by atoms with Crippen molar-refractivity contribution in [2.24, 2.45) is 0 Å². The van der Waals surface area contributed by atoms with Gasteiger partial charge < -0.3 is 25.0 Å². The van der Waals surface area contributed by atoms with Crippen molar-refractivity contribution >= 4 is 29.3 Å². The average molecular weight is 534 g/mol. The molecule has 0 aliphatic carbocycles. The molecule has 0 saturated carbocycles. The second-order valence-electron chi connectivity index (χ2n) is 9.48. The van der Waals surface area contributed by atoms with Gasteiger partial charge in [0.2, 0.25) is 0 Å². The maximum absolute atomic E-state index is 13.3. The smallest absolute Gasteiger partial charge is 0.258 e. The summed E-state index contributed by atoms with van der Waals surface area (Å²) in [5, 5.41) is 6.39. The van der Waals surface area contributed by atoms with E-state index in [2.05, 4.69) is 10.6 Å². The van der Waals surface area contributed by atoms with Crippen LogP contribution in [0.3, 0.4) is 0 Å². The minimum atomic E-state index is -0.469. The lowest BCUT2D eigenvalue weighted by Crippen LogP contribution is -2.58. The summed E-state index contributed by atoms with van der Waals surface area (Å²) >= 11 is 6.11. The first-order valence-corrected chi connectivity index (χ1v) is 12.8. The number of piperidine rings is 1. The van der Waals surface area contributed by atoms with Gasteiger partial charge in [-0.3, -0.25) is 14.4 Å². The van der Waals surface area contributed by atoms with Crippen molar-refractivity contribution in [3.05, 3.63) is 94.0 Å². The van der Waals surface area contributed by atoms with Crippen LogP contribution in [0.2, 0.25) is 5.02 Å². The number of fused-ring (bicyclic) bond motifs is 7. The van der Waals surface area contributed by atoms with Gasteiger partial charge in [0.1, 0.15) is 17.6 Å². The normalized spacial score (nSPS) is 19.8. The summed E-state index contributed by atoms with van der Waals surface area (Å²) in [5.41, 5.74) is 2.60. The quantitative estimate of drug-likeness (QED) is 0.496.